The molecule has 0 aliphatic heterocycles. The summed E-state index contributed by atoms with van der Waals surface area (Å²) in [6, 6.07) is 8.08. The van der Waals surface area contributed by atoms with Crippen LogP contribution in [0.15, 0.2) is 24.3 Å². The Morgan fingerprint density at radius 2 is 1.90 bits per heavy atom. The van der Waals surface area contributed by atoms with Crippen molar-refractivity contribution in [3.05, 3.63) is 35.4 Å². The molecule has 0 aromatic heterocycles. The molecule has 0 saturated heterocycles. The standard InChI is InChI=1S/C17H25NO3/c1-5-18(12-14-8-6-7-13(2)9-14)15(19)10-17(3,4)11-16(20)21/h6-9H,5,10-12H2,1-4H3,(H,20,21). The summed E-state index contributed by atoms with van der Waals surface area (Å²) >= 11 is 0. The maximum atomic E-state index is 12.4. The Labute approximate surface area is 126 Å². The summed E-state index contributed by atoms with van der Waals surface area (Å²) in [5.41, 5.74) is 1.74. The van der Waals surface area contributed by atoms with Gasteiger partial charge in [-0.25, -0.2) is 0 Å². The van der Waals surface area contributed by atoms with E-state index in [1.165, 1.54) is 5.56 Å². The van der Waals surface area contributed by atoms with Gasteiger partial charge in [-0.05, 0) is 24.8 Å². The number of carbonyl (C=O) groups is 2. The lowest BCUT2D eigenvalue weighted by atomic mass is 9.85. The molecule has 1 aromatic rings. The number of benzene rings is 1. The molecular weight excluding hydrogens is 266 g/mol. The van der Waals surface area contributed by atoms with Crippen LogP contribution in [0, 0.1) is 12.3 Å². The number of carbonyl (C=O) groups excluding carboxylic acids is 1. The summed E-state index contributed by atoms with van der Waals surface area (Å²) < 4.78 is 0. The van der Waals surface area contributed by atoms with Crippen molar-refractivity contribution in [3.8, 4) is 0 Å². The maximum absolute atomic E-state index is 12.4. The quantitative estimate of drug-likeness (QED) is 0.839. The summed E-state index contributed by atoms with van der Waals surface area (Å²) in [4.78, 5) is 25.0. The van der Waals surface area contributed by atoms with E-state index in [9.17, 15) is 9.59 Å². The van der Waals surface area contributed by atoms with Crippen molar-refractivity contribution >= 4 is 11.9 Å². The van der Waals surface area contributed by atoms with Crippen LogP contribution in [-0.4, -0.2) is 28.4 Å². The first-order valence-electron chi connectivity index (χ1n) is 7.28. The summed E-state index contributed by atoms with van der Waals surface area (Å²) in [5, 5.41) is 8.90. The zero-order chi connectivity index (χ0) is 16.0. The molecule has 0 radical (unpaired) electrons. The normalized spacial score (nSPS) is 11.2. The van der Waals surface area contributed by atoms with Crippen molar-refractivity contribution < 1.29 is 14.7 Å². The first-order chi connectivity index (χ1) is 9.73. The molecule has 0 heterocycles. The topological polar surface area (TPSA) is 57.6 Å². The molecule has 1 N–H and O–H groups in total. The number of amides is 1. The van der Waals surface area contributed by atoms with Gasteiger partial charge in [-0.1, -0.05) is 43.7 Å². The first kappa shape index (κ1) is 17.2. The molecule has 0 saturated carbocycles. The Morgan fingerprint density at radius 1 is 1.24 bits per heavy atom. The van der Waals surface area contributed by atoms with Crippen LogP contribution < -0.4 is 0 Å². The van der Waals surface area contributed by atoms with Crippen LogP contribution in [0.4, 0.5) is 0 Å². The Bertz CT molecular complexity index is 509. The highest BCUT2D eigenvalue weighted by atomic mass is 16.4. The largest absolute Gasteiger partial charge is 0.481 e. The van der Waals surface area contributed by atoms with E-state index in [-0.39, 0.29) is 18.7 Å². The van der Waals surface area contributed by atoms with Crippen molar-refractivity contribution in [1.82, 2.24) is 4.90 Å². The van der Waals surface area contributed by atoms with E-state index < -0.39 is 11.4 Å². The van der Waals surface area contributed by atoms with Gasteiger partial charge in [0, 0.05) is 19.5 Å². The Morgan fingerprint density at radius 3 is 2.43 bits per heavy atom. The van der Waals surface area contributed by atoms with E-state index >= 15 is 0 Å². The SMILES string of the molecule is CCN(Cc1cccc(C)c1)C(=O)CC(C)(C)CC(=O)O. The number of rotatable bonds is 7. The van der Waals surface area contributed by atoms with Gasteiger partial charge in [0.2, 0.25) is 5.91 Å². The molecule has 4 heteroatoms. The molecule has 0 aliphatic carbocycles. The summed E-state index contributed by atoms with van der Waals surface area (Å²) in [6.45, 7) is 8.80. The van der Waals surface area contributed by atoms with Crippen molar-refractivity contribution in [2.75, 3.05) is 6.54 Å². The van der Waals surface area contributed by atoms with Gasteiger partial charge >= 0.3 is 5.97 Å². The van der Waals surface area contributed by atoms with Gasteiger partial charge in [-0.2, -0.15) is 0 Å². The van der Waals surface area contributed by atoms with E-state index in [1.807, 2.05) is 45.9 Å². The van der Waals surface area contributed by atoms with Crippen LogP contribution in [0.25, 0.3) is 0 Å². The third-order valence-electron chi connectivity index (χ3n) is 3.45. The highest BCUT2D eigenvalue weighted by Gasteiger charge is 2.27. The number of carboxylic acid groups (broad SMARTS) is 1. The van der Waals surface area contributed by atoms with E-state index in [0.717, 1.165) is 5.56 Å². The zero-order valence-corrected chi connectivity index (χ0v) is 13.3. The number of aliphatic carboxylic acids is 1. The third kappa shape index (κ3) is 5.98. The fraction of sp³-hybridized carbons (Fsp3) is 0.529. The van der Waals surface area contributed by atoms with Gasteiger partial charge in [-0.15, -0.1) is 0 Å². The fourth-order valence-electron chi connectivity index (χ4n) is 2.40. The van der Waals surface area contributed by atoms with Crippen LogP contribution in [0.3, 0.4) is 0 Å². The monoisotopic (exact) mass is 291 g/mol. The molecule has 4 nitrogen and oxygen atoms in total. The minimum atomic E-state index is -0.866. The van der Waals surface area contributed by atoms with Gasteiger partial charge in [0.25, 0.3) is 0 Å². The number of hydrogen-bond acceptors (Lipinski definition) is 2. The predicted molar refractivity (Wildman–Crippen MR) is 82.9 cm³/mol. The van der Waals surface area contributed by atoms with Gasteiger partial charge in [0.1, 0.15) is 0 Å². The lowest BCUT2D eigenvalue weighted by Gasteiger charge is -2.27. The molecule has 0 unspecified atom stereocenters. The van der Waals surface area contributed by atoms with Crippen LogP contribution in [0.1, 0.15) is 44.7 Å². The van der Waals surface area contributed by atoms with Crippen LogP contribution in [-0.2, 0) is 16.1 Å². The lowest BCUT2D eigenvalue weighted by molar-refractivity contribution is -0.140. The smallest absolute Gasteiger partial charge is 0.303 e. The van der Waals surface area contributed by atoms with Crippen LogP contribution in [0.2, 0.25) is 0 Å². The molecular formula is C17H25NO3. The van der Waals surface area contributed by atoms with Gasteiger partial charge in [0.15, 0.2) is 0 Å². The second-order valence-corrected chi connectivity index (χ2v) is 6.31. The van der Waals surface area contributed by atoms with Crippen molar-refractivity contribution in [2.45, 2.75) is 47.1 Å². The maximum Gasteiger partial charge on any atom is 0.303 e. The fourth-order valence-corrected chi connectivity index (χ4v) is 2.40. The molecule has 0 spiro atoms. The molecule has 21 heavy (non-hydrogen) atoms. The second-order valence-electron chi connectivity index (χ2n) is 6.31. The van der Waals surface area contributed by atoms with Crippen LogP contribution in [0.5, 0.6) is 0 Å². The summed E-state index contributed by atoms with van der Waals surface area (Å²) in [6.07, 6.45) is 0.250. The highest BCUT2D eigenvalue weighted by Crippen LogP contribution is 2.26. The van der Waals surface area contributed by atoms with Gasteiger partial charge in [-0.3, -0.25) is 9.59 Å². The van der Waals surface area contributed by atoms with E-state index in [4.69, 9.17) is 5.11 Å². The predicted octanol–water partition coefficient (Wildman–Crippen LogP) is 3.23. The first-order valence-corrected chi connectivity index (χ1v) is 7.28. The Balaban J connectivity index is 2.71. The minimum Gasteiger partial charge on any atom is -0.481 e. The van der Waals surface area contributed by atoms with E-state index in [0.29, 0.717) is 13.1 Å². The van der Waals surface area contributed by atoms with Crippen molar-refractivity contribution in [1.29, 1.82) is 0 Å². The van der Waals surface area contributed by atoms with Crippen LogP contribution >= 0.6 is 0 Å². The Hall–Kier alpha value is -1.84. The molecule has 0 atom stereocenters. The minimum absolute atomic E-state index is 0.000734. The Kier molecular flexibility index (Phi) is 5.94. The van der Waals surface area contributed by atoms with Crippen molar-refractivity contribution in [3.63, 3.8) is 0 Å². The summed E-state index contributed by atoms with van der Waals surface area (Å²) in [7, 11) is 0. The number of aryl methyl sites for hydroxylation is 1. The third-order valence-corrected chi connectivity index (χ3v) is 3.45. The molecule has 0 aliphatic rings. The molecule has 0 bridgehead atoms. The molecule has 116 valence electrons. The average molecular weight is 291 g/mol. The highest BCUT2D eigenvalue weighted by molar-refractivity contribution is 5.78. The van der Waals surface area contributed by atoms with E-state index in [1.54, 1.807) is 4.90 Å². The van der Waals surface area contributed by atoms with Crippen molar-refractivity contribution in [2.24, 2.45) is 5.41 Å². The molecule has 0 fully saturated rings. The van der Waals surface area contributed by atoms with Gasteiger partial charge in [0.05, 0.1) is 6.42 Å². The van der Waals surface area contributed by atoms with Gasteiger partial charge < -0.3 is 10.0 Å². The number of nitrogens with zero attached hydrogens (tertiary/aromatic N) is 1. The molecule has 1 amide bonds. The lowest BCUT2D eigenvalue weighted by Crippen LogP contribution is -2.34. The average Bonchev–Trinajstić information content (AvgIpc) is 2.33. The van der Waals surface area contributed by atoms with E-state index in [2.05, 4.69) is 6.07 Å². The summed E-state index contributed by atoms with van der Waals surface area (Å²) in [5.74, 6) is -0.861. The number of hydrogen-bond donors (Lipinski definition) is 1. The number of carboxylic acids is 1. The second kappa shape index (κ2) is 7.25. The molecule has 1 aromatic carbocycles. The zero-order valence-electron chi connectivity index (χ0n) is 13.3. The molecule has 1 rings (SSSR count).